The lowest BCUT2D eigenvalue weighted by molar-refractivity contribution is 0.520. The minimum Gasteiger partial charge on any atom is -0.228 e. The van der Waals surface area contributed by atoms with Gasteiger partial charge in [-0.05, 0) is 30.0 Å². The first-order valence-corrected chi connectivity index (χ1v) is 10.0. The molecule has 0 N–H and O–H groups in total. The highest BCUT2D eigenvalue weighted by Crippen LogP contribution is 2.17. The van der Waals surface area contributed by atoms with E-state index < -0.39 is 19.9 Å². The van der Waals surface area contributed by atoms with Gasteiger partial charge in [0.15, 0.2) is 9.84 Å². The average molecular weight is 333 g/mol. The molecule has 0 atom stereocenters. The van der Waals surface area contributed by atoms with Gasteiger partial charge < -0.3 is 0 Å². The van der Waals surface area contributed by atoms with Crippen molar-refractivity contribution in [2.45, 2.75) is 30.9 Å². The van der Waals surface area contributed by atoms with Crippen molar-refractivity contribution in [3.63, 3.8) is 0 Å². The van der Waals surface area contributed by atoms with Crippen LogP contribution >= 0.6 is 0 Å². The Labute approximate surface area is 127 Å². The van der Waals surface area contributed by atoms with E-state index in [0.29, 0.717) is 17.9 Å². The number of rotatable bonds is 7. The molecular weight excluding hydrogens is 310 g/mol. The van der Waals surface area contributed by atoms with Gasteiger partial charge in [-0.15, -0.1) is 0 Å². The van der Waals surface area contributed by atoms with Gasteiger partial charge in [0.1, 0.15) is 0 Å². The van der Waals surface area contributed by atoms with E-state index in [1.807, 2.05) is 13.8 Å². The molecule has 0 saturated heterocycles. The van der Waals surface area contributed by atoms with E-state index in [0.717, 1.165) is 4.31 Å². The summed E-state index contributed by atoms with van der Waals surface area (Å²) in [6.45, 7) is 3.94. The Hall–Kier alpha value is -0.920. The molecule has 0 heterocycles. The van der Waals surface area contributed by atoms with E-state index in [1.54, 1.807) is 12.1 Å². The molecule has 0 fully saturated rings. The molecule has 0 aromatic heterocycles. The van der Waals surface area contributed by atoms with Gasteiger partial charge in [-0.3, -0.25) is 0 Å². The Bertz CT molecular complexity index is 677. The Kier molecular flexibility index (Phi) is 5.95. The number of hydrogen-bond donors (Lipinski definition) is 0. The summed E-state index contributed by atoms with van der Waals surface area (Å²) in [7, 11) is -3.87. The highest BCUT2D eigenvalue weighted by Gasteiger charge is 2.19. The molecule has 0 aliphatic rings. The van der Waals surface area contributed by atoms with Crippen molar-refractivity contribution >= 4 is 19.9 Å². The van der Waals surface area contributed by atoms with Crippen molar-refractivity contribution < 1.29 is 16.8 Å². The Morgan fingerprint density at radius 1 is 1.10 bits per heavy atom. The Morgan fingerprint density at radius 3 is 2.24 bits per heavy atom. The quantitative estimate of drug-likeness (QED) is 0.764. The van der Waals surface area contributed by atoms with Crippen LogP contribution in [-0.4, -0.2) is 41.0 Å². The molecule has 7 heteroatoms. The van der Waals surface area contributed by atoms with E-state index in [9.17, 15) is 16.8 Å². The predicted octanol–water partition coefficient (Wildman–Crippen LogP) is 1.90. The third kappa shape index (κ3) is 5.41. The maximum atomic E-state index is 12.0. The normalized spacial score (nSPS) is 13.0. The molecule has 5 nitrogen and oxygen atoms in total. The van der Waals surface area contributed by atoms with E-state index in [2.05, 4.69) is 0 Å². The smallest absolute Gasteiger partial charge is 0.228 e. The lowest BCUT2D eigenvalue weighted by Gasteiger charge is -2.12. The monoisotopic (exact) mass is 333 g/mol. The van der Waals surface area contributed by atoms with E-state index in [4.69, 9.17) is 0 Å². The number of benzene rings is 1. The van der Waals surface area contributed by atoms with Gasteiger partial charge in [0.25, 0.3) is 0 Å². The third-order valence-electron chi connectivity index (χ3n) is 3.07. The zero-order valence-electron chi connectivity index (χ0n) is 12.9. The summed E-state index contributed by atoms with van der Waals surface area (Å²) in [5.41, 5.74) is 0.502. The van der Waals surface area contributed by atoms with Gasteiger partial charge in [-0.1, -0.05) is 26.0 Å². The van der Waals surface area contributed by atoms with Crippen molar-refractivity contribution in [2.75, 3.05) is 19.8 Å². The Morgan fingerprint density at radius 2 is 1.71 bits per heavy atom. The topological polar surface area (TPSA) is 71.5 Å². The SMILES string of the molecule is CC(C)CCS(=O)(=O)Cc1cccc(S(=O)(=O)N(C)C)c1. The molecule has 0 bridgehead atoms. The van der Waals surface area contributed by atoms with Crippen LogP contribution in [0.4, 0.5) is 0 Å². The largest absolute Gasteiger partial charge is 0.242 e. The zero-order valence-corrected chi connectivity index (χ0v) is 14.5. The van der Waals surface area contributed by atoms with Crippen molar-refractivity contribution in [1.29, 1.82) is 0 Å². The van der Waals surface area contributed by atoms with Crippen LogP contribution in [0.5, 0.6) is 0 Å². The molecule has 0 radical (unpaired) electrons. The molecular formula is C14H23NO4S2. The lowest BCUT2D eigenvalue weighted by atomic mass is 10.2. The molecule has 1 aromatic rings. The fourth-order valence-electron chi connectivity index (χ4n) is 1.75. The van der Waals surface area contributed by atoms with Gasteiger partial charge in [-0.25, -0.2) is 21.1 Å². The summed E-state index contributed by atoms with van der Waals surface area (Å²) in [5, 5.41) is 0. The number of nitrogens with zero attached hydrogens (tertiary/aromatic N) is 1. The van der Waals surface area contributed by atoms with Crippen molar-refractivity contribution in [3.05, 3.63) is 29.8 Å². The molecule has 1 aromatic carbocycles. The van der Waals surface area contributed by atoms with Crippen LogP contribution < -0.4 is 0 Å². The molecule has 21 heavy (non-hydrogen) atoms. The van der Waals surface area contributed by atoms with E-state index in [-0.39, 0.29) is 16.4 Å². The summed E-state index contributed by atoms with van der Waals surface area (Å²) >= 11 is 0. The summed E-state index contributed by atoms with van der Waals surface area (Å²) in [4.78, 5) is 0.115. The first kappa shape index (κ1) is 18.1. The highest BCUT2D eigenvalue weighted by molar-refractivity contribution is 7.90. The molecule has 120 valence electrons. The molecule has 0 amide bonds. The number of hydrogen-bond acceptors (Lipinski definition) is 4. The second kappa shape index (κ2) is 6.89. The van der Waals surface area contributed by atoms with Gasteiger partial charge in [-0.2, -0.15) is 0 Å². The van der Waals surface area contributed by atoms with Crippen molar-refractivity contribution in [2.24, 2.45) is 5.92 Å². The van der Waals surface area contributed by atoms with Crippen molar-refractivity contribution in [1.82, 2.24) is 4.31 Å². The summed E-state index contributed by atoms with van der Waals surface area (Å²) < 4.78 is 49.3. The molecule has 0 unspecified atom stereocenters. The molecule has 1 rings (SSSR count). The first-order valence-electron chi connectivity index (χ1n) is 6.76. The average Bonchev–Trinajstić information content (AvgIpc) is 2.36. The summed E-state index contributed by atoms with van der Waals surface area (Å²) in [6.07, 6.45) is 0.609. The predicted molar refractivity (Wildman–Crippen MR) is 84.3 cm³/mol. The van der Waals surface area contributed by atoms with Gasteiger partial charge >= 0.3 is 0 Å². The maximum absolute atomic E-state index is 12.0. The van der Waals surface area contributed by atoms with Gasteiger partial charge in [0.05, 0.1) is 16.4 Å². The van der Waals surface area contributed by atoms with E-state index in [1.165, 1.54) is 26.2 Å². The van der Waals surface area contributed by atoms with Crippen LogP contribution in [0.3, 0.4) is 0 Å². The van der Waals surface area contributed by atoms with Crippen LogP contribution in [0, 0.1) is 5.92 Å². The fraction of sp³-hybridized carbons (Fsp3) is 0.571. The van der Waals surface area contributed by atoms with Gasteiger partial charge in [0.2, 0.25) is 10.0 Å². The molecule has 0 aliphatic carbocycles. The summed E-state index contributed by atoms with van der Waals surface area (Å²) in [5.74, 6) is 0.312. The lowest BCUT2D eigenvalue weighted by Crippen LogP contribution is -2.22. The third-order valence-corrected chi connectivity index (χ3v) is 6.51. The van der Waals surface area contributed by atoms with Crippen molar-refractivity contribution in [3.8, 4) is 0 Å². The molecule has 0 aliphatic heterocycles. The van der Waals surface area contributed by atoms with Gasteiger partial charge in [0, 0.05) is 14.1 Å². The minimum absolute atomic E-state index is 0.115. The van der Waals surface area contributed by atoms with Crippen LogP contribution in [0.15, 0.2) is 29.2 Å². The fourth-order valence-corrected chi connectivity index (χ4v) is 4.38. The zero-order chi connectivity index (χ0) is 16.3. The van der Waals surface area contributed by atoms with E-state index >= 15 is 0 Å². The van der Waals surface area contributed by atoms with Crippen LogP contribution in [0.1, 0.15) is 25.8 Å². The van der Waals surface area contributed by atoms with Crippen LogP contribution in [0.25, 0.3) is 0 Å². The number of sulfonamides is 1. The molecule has 0 spiro atoms. The maximum Gasteiger partial charge on any atom is 0.242 e. The minimum atomic E-state index is -3.54. The molecule has 0 saturated carbocycles. The number of sulfone groups is 1. The second-order valence-corrected chi connectivity index (χ2v) is 10.0. The Balaban J connectivity index is 2.97. The first-order chi connectivity index (χ1) is 9.54. The second-order valence-electron chi connectivity index (χ2n) is 5.71. The van der Waals surface area contributed by atoms with Crippen LogP contribution in [0.2, 0.25) is 0 Å². The van der Waals surface area contributed by atoms with Crippen LogP contribution in [-0.2, 0) is 25.6 Å². The summed E-state index contributed by atoms with van der Waals surface area (Å²) in [6, 6.07) is 6.12. The highest BCUT2D eigenvalue weighted by atomic mass is 32.2. The standard InChI is InChI=1S/C14H23NO4S2/c1-12(2)8-9-20(16,17)11-13-6-5-7-14(10-13)21(18,19)15(3)4/h5-7,10,12H,8-9,11H2,1-4H3.